The van der Waals surface area contributed by atoms with Crippen molar-refractivity contribution in [3.63, 3.8) is 0 Å². The third kappa shape index (κ3) is 62.7. The Balaban J connectivity index is 4.75. The van der Waals surface area contributed by atoms with Crippen molar-refractivity contribution >= 4 is 25.7 Å². The van der Waals surface area contributed by atoms with Crippen LogP contribution in [-0.2, 0) is 42.2 Å². The van der Waals surface area contributed by atoms with Gasteiger partial charge in [-0.05, 0) is 128 Å². The Bertz CT molecular complexity index is 1830. The van der Waals surface area contributed by atoms with Crippen molar-refractivity contribution < 1.29 is 52.2 Å². The summed E-state index contributed by atoms with van der Waals surface area (Å²) in [6.45, 7) is 4.47. The first-order valence-corrected chi connectivity index (χ1v) is 35.3. The molecule has 0 aromatic heterocycles. The lowest BCUT2D eigenvalue weighted by molar-refractivity contribution is -0.161. The van der Waals surface area contributed by atoms with E-state index < -0.39 is 57.8 Å². The molecule has 2 N–H and O–H groups in total. The zero-order chi connectivity index (χ0) is 61.2. The maximum atomic E-state index is 13.0. The first-order chi connectivity index (χ1) is 41.2. The Morgan fingerprint density at radius 2 is 0.619 bits per heavy atom. The SMILES string of the molecule is CC/C=C\C/C=C\C/C=C\C/C=C\C/C=C\CCCCCC(=O)OCC(COP(=O)(O)OCC(CO)OC(=O)CCCCCCCCCCC/C=C\C/C=C\CCCCC)OC(=O)CCCCCCCCCCC/C=C\C/C=C\CCCCC. The molecular formula is C72H123O11P. The minimum Gasteiger partial charge on any atom is -0.462 e. The highest BCUT2D eigenvalue weighted by atomic mass is 31.2. The first-order valence-electron chi connectivity index (χ1n) is 33.8. The number of rotatable bonds is 62. The summed E-state index contributed by atoms with van der Waals surface area (Å²) in [6.07, 6.45) is 80.3. The summed E-state index contributed by atoms with van der Waals surface area (Å²) in [5.41, 5.74) is 0. The number of hydrogen-bond acceptors (Lipinski definition) is 10. The highest BCUT2D eigenvalue weighted by Gasteiger charge is 2.28. The molecule has 0 aliphatic heterocycles. The molecule has 0 aliphatic rings. The number of phosphoric ester groups is 1. The zero-order valence-corrected chi connectivity index (χ0v) is 54.5. The third-order valence-electron chi connectivity index (χ3n) is 14.1. The molecule has 0 amide bonds. The fourth-order valence-corrected chi connectivity index (χ4v) is 9.82. The number of allylic oxidation sites excluding steroid dienone is 18. The van der Waals surface area contributed by atoms with Crippen LogP contribution < -0.4 is 0 Å². The molecule has 3 unspecified atom stereocenters. The normalized spacial score (nSPS) is 13.9. The molecule has 0 spiro atoms. The summed E-state index contributed by atoms with van der Waals surface area (Å²) in [5.74, 6) is -1.51. The number of esters is 3. The Labute approximate surface area is 514 Å². The lowest BCUT2D eigenvalue weighted by atomic mass is 10.1. The van der Waals surface area contributed by atoms with Crippen LogP contribution in [-0.4, -0.2) is 66.5 Å². The predicted octanol–water partition coefficient (Wildman–Crippen LogP) is 20.9. The summed E-state index contributed by atoms with van der Waals surface area (Å²) >= 11 is 0. The average molecular weight is 1200 g/mol. The summed E-state index contributed by atoms with van der Waals surface area (Å²) in [5, 5.41) is 9.88. The standard InChI is InChI=1S/C72H123O11P/c1-4-7-10-13-16-19-22-25-28-31-34-37-40-43-46-49-52-55-58-61-70(74)79-65-69(83-72(76)63-60-57-54-51-48-45-42-39-36-33-30-27-24-21-18-15-12-9-6-3)67-81-84(77,78)80-66-68(64-73)82-71(75)62-59-56-53-50-47-44-41-38-35-32-29-26-23-20-17-14-11-8-5-2/h7,10,16-21,25-30,34,37,43,46,68-69,73H,4-6,8-9,11-15,22-24,31-33,35-36,38-42,44-45,47-67H2,1-3H3,(H,77,78)/b10-7-,19-16-,20-17-,21-18-,28-25-,29-26-,30-27-,37-34-,46-43-. The molecule has 0 radical (unpaired) electrons. The number of ether oxygens (including phenoxy) is 3. The third-order valence-corrected chi connectivity index (χ3v) is 15.1. The molecule has 0 saturated carbocycles. The van der Waals surface area contributed by atoms with E-state index in [-0.39, 0.29) is 25.9 Å². The molecule has 0 aromatic carbocycles. The maximum absolute atomic E-state index is 13.0. The molecule has 3 atom stereocenters. The van der Waals surface area contributed by atoms with Crippen molar-refractivity contribution in [2.24, 2.45) is 0 Å². The summed E-state index contributed by atoms with van der Waals surface area (Å²) < 4.78 is 39.7. The van der Waals surface area contributed by atoms with Gasteiger partial charge in [0.25, 0.3) is 0 Å². The van der Waals surface area contributed by atoms with Gasteiger partial charge in [0.1, 0.15) is 12.7 Å². The number of carbonyl (C=O) groups is 3. The van der Waals surface area contributed by atoms with Crippen LogP contribution in [0.1, 0.15) is 290 Å². The Kier molecular flexibility index (Phi) is 62.1. The molecule has 0 fully saturated rings. The Hall–Kier alpha value is -3.86. The summed E-state index contributed by atoms with van der Waals surface area (Å²) in [4.78, 5) is 48.9. The molecule has 0 bridgehead atoms. The highest BCUT2D eigenvalue weighted by molar-refractivity contribution is 7.47. The molecule has 0 saturated heterocycles. The second-order valence-corrected chi connectivity index (χ2v) is 23.7. The monoisotopic (exact) mass is 1190 g/mol. The van der Waals surface area contributed by atoms with Crippen molar-refractivity contribution in [3.8, 4) is 0 Å². The van der Waals surface area contributed by atoms with Gasteiger partial charge in [-0.3, -0.25) is 23.4 Å². The molecule has 0 aliphatic carbocycles. The molecule has 12 heteroatoms. The van der Waals surface area contributed by atoms with Crippen LogP contribution in [0.25, 0.3) is 0 Å². The Morgan fingerprint density at radius 3 is 0.964 bits per heavy atom. The van der Waals surface area contributed by atoms with Gasteiger partial charge in [-0.25, -0.2) is 4.57 Å². The van der Waals surface area contributed by atoms with Gasteiger partial charge in [-0.15, -0.1) is 0 Å². The van der Waals surface area contributed by atoms with Gasteiger partial charge in [0.2, 0.25) is 0 Å². The number of aliphatic hydroxyl groups is 1. The minimum absolute atomic E-state index is 0.151. The average Bonchev–Trinajstić information content (AvgIpc) is 3.55. The van der Waals surface area contributed by atoms with Crippen LogP contribution in [0.2, 0.25) is 0 Å². The van der Waals surface area contributed by atoms with E-state index in [1.54, 1.807) is 0 Å². The van der Waals surface area contributed by atoms with Gasteiger partial charge >= 0.3 is 25.7 Å². The van der Waals surface area contributed by atoms with E-state index in [1.807, 2.05) is 0 Å². The van der Waals surface area contributed by atoms with E-state index in [0.29, 0.717) is 19.3 Å². The van der Waals surface area contributed by atoms with Crippen molar-refractivity contribution in [2.75, 3.05) is 26.4 Å². The van der Waals surface area contributed by atoms with Gasteiger partial charge in [-0.1, -0.05) is 252 Å². The van der Waals surface area contributed by atoms with Gasteiger partial charge in [0, 0.05) is 19.3 Å². The zero-order valence-electron chi connectivity index (χ0n) is 53.6. The smallest absolute Gasteiger partial charge is 0.462 e. The van der Waals surface area contributed by atoms with E-state index in [4.69, 9.17) is 23.3 Å². The van der Waals surface area contributed by atoms with Crippen LogP contribution >= 0.6 is 7.82 Å². The van der Waals surface area contributed by atoms with Crippen molar-refractivity contribution in [2.45, 2.75) is 303 Å². The molecule has 482 valence electrons. The number of unbranched alkanes of at least 4 members (excludes halogenated alkanes) is 27. The lowest BCUT2D eigenvalue weighted by Gasteiger charge is -2.21. The van der Waals surface area contributed by atoms with E-state index in [9.17, 15) is 28.9 Å². The number of carbonyl (C=O) groups excluding carboxylic acids is 3. The highest BCUT2D eigenvalue weighted by Crippen LogP contribution is 2.43. The molecule has 0 aromatic rings. The topological polar surface area (TPSA) is 155 Å². The second kappa shape index (κ2) is 65.1. The van der Waals surface area contributed by atoms with Crippen LogP contribution in [0.5, 0.6) is 0 Å². The van der Waals surface area contributed by atoms with Crippen LogP contribution in [0.15, 0.2) is 109 Å². The second-order valence-electron chi connectivity index (χ2n) is 22.2. The summed E-state index contributed by atoms with van der Waals surface area (Å²) in [6, 6.07) is 0. The molecule has 0 rings (SSSR count). The van der Waals surface area contributed by atoms with E-state index in [0.717, 1.165) is 116 Å². The number of hydrogen-bond donors (Lipinski definition) is 2. The fraction of sp³-hybridized carbons (Fsp3) is 0.708. The van der Waals surface area contributed by atoms with Crippen LogP contribution in [0.4, 0.5) is 0 Å². The molecule has 11 nitrogen and oxygen atoms in total. The van der Waals surface area contributed by atoms with Crippen molar-refractivity contribution in [3.05, 3.63) is 109 Å². The number of phosphoric acid groups is 1. The van der Waals surface area contributed by atoms with Crippen LogP contribution in [0, 0.1) is 0 Å². The van der Waals surface area contributed by atoms with Gasteiger partial charge in [0.05, 0.1) is 19.8 Å². The largest absolute Gasteiger partial charge is 0.472 e. The first kappa shape index (κ1) is 80.1. The molecular weight excluding hydrogens is 1070 g/mol. The van der Waals surface area contributed by atoms with Gasteiger partial charge in [-0.2, -0.15) is 0 Å². The predicted molar refractivity (Wildman–Crippen MR) is 353 cm³/mol. The van der Waals surface area contributed by atoms with E-state index >= 15 is 0 Å². The van der Waals surface area contributed by atoms with Crippen molar-refractivity contribution in [1.82, 2.24) is 0 Å². The number of aliphatic hydroxyl groups excluding tert-OH is 1. The van der Waals surface area contributed by atoms with Crippen molar-refractivity contribution in [1.29, 1.82) is 0 Å². The van der Waals surface area contributed by atoms with E-state index in [1.165, 1.54) is 116 Å². The summed E-state index contributed by atoms with van der Waals surface area (Å²) in [7, 11) is -4.77. The van der Waals surface area contributed by atoms with Gasteiger partial charge in [0.15, 0.2) is 6.10 Å². The van der Waals surface area contributed by atoms with Gasteiger partial charge < -0.3 is 24.2 Å². The minimum atomic E-state index is -4.77. The molecule has 0 heterocycles. The fourth-order valence-electron chi connectivity index (χ4n) is 9.03. The molecule has 84 heavy (non-hydrogen) atoms. The van der Waals surface area contributed by atoms with Crippen LogP contribution in [0.3, 0.4) is 0 Å². The maximum Gasteiger partial charge on any atom is 0.472 e. The lowest BCUT2D eigenvalue weighted by Crippen LogP contribution is -2.30. The Morgan fingerprint density at radius 1 is 0.345 bits per heavy atom. The van der Waals surface area contributed by atoms with E-state index in [2.05, 4.69) is 130 Å². The quantitative estimate of drug-likeness (QED) is 0.0197.